The maximum absolute atomic E-state index is 14.6. The highest BCUT2D eigenvalue weighted by atomic mass is 16.8. The summed E-state index contributed by atoms with van der Waals surface area (Å²) in [5.41, 5.74) is 2.95. The number of ether oxygens (including phenoxy) is 6. The van der Waals surface area contributed by atoms with Crippen LogP contribution in [0.15, 0.2) is 34.6 Å². The van der Waals surface area contributed by atoms with Crippen LogP contribution in [-0.4, -0.2) is 132 Å². The Balaban J connectivity index is 1.06. The lowest BCUT2D eigenvalue weighted by Crippen LogP contribution is -2.64. The zero-order valence-corrected chi connectivity index (χ0v) is 31.7. The molecule has 14 atom stereocenters. The quantitative estimate of drug-likeness (QED) is 0.170. The van der Waals surface area contributed by atoms with E-state index in [4.69, 9.17) is 28.4 Å². The van der Waals surface area contributed by atoms with Crippen LogP contribution >= 0.6 is 0 Å². The summed E-state index contributed by atoms with van der Waals surface area (Å²) in [5.74, 6) is -3.51. The summed E-state index contributed by atoms with van der Waals surface area (Å²) in [6.45, 7) is 5.61. The van der Waals surface area contributed by atoms with Gasteiger partial charge in [-0.3, -0.25) is 4.79 Å². The van der Waals surface area contributed by atoms with Gasteiger partial charge in [-0.2, -0.15) is 0 Å². The summed E-state index contributed by atoms with van der Waals surface area (Å²) >= 11 is 0. The second-order valence-electron chi connectivity index (χ2n) is 17.5. The minimum Gasteiger partial charge on any atom is -0.478 e. The lowest BCUT2D eigenvalue weighted by molar-refractivity contribution is -0.340. The van der Waals surface area contributed by atoms with Gasteiger partial charge in [-0.25, -0.2) is 4.79 Å². The molecule has 0 radical (unpaired) electrons. The maximum Gasteiger partial charge on any atom is 0.335 e. The number of hydrogen-bond donors (Lipinski definition) is 5. The third kappa shape index (κ3) is 5.68. The molecule has 8 rings (SSSR count). The summed E-state index contributed by atoms with van der Waals surface area (Å²) < 4.78 is 36.7. The lowest BCUT2D eigenvalue weighted by atomic mass is 9.50. The molecule has 54 heavy (non-hydrogen) atoms. The number of nitrogens with zero attached hydrogens (tertiary/aromatic N) is 1. The van der Waals surface area contributed by atoms with Crippen LogP contribution < -0.4 is 0 Å². The molecule has 14 unspecified atom stereocenters. The Morgan fingerprint density at radius 1 is 1.07 bits per heavy atom. The van der Waals surface area contributed by atoms with Gasteiger partial charge in [0.1, 0.15) is 18.3 Å². The number of likely N-dealkylation sites (tertiary alicyclic amines) is 1. The molecule has 5 N–H and O–H groups in total. The first-order valence-corrected chi connectivity index (χ1v) is 19.8. The zero-order valence-electron chi connectivity index (χ0n) is 31.7. The van der Waals surface area contributed by atoms with Gasteiger partial charge in [0.25, 0.3) is 0 Å². The molecule has 1 saturated carbocycles. The topological polar surface area (TPSA) is 194 Å². The second kappa shape index (κ2) is 14.2. The molecule has 4 heterocycles. The van der Waals surface area contributed by atoms with Crippen molar-refractivity contribution < 1.29 is 63.5 Å². The smallest absolute Gasteiger partial charge is 0.335 e. The first-order valence-electron chi connectivity index (χ1n) is 19.8. The molecule has 300 valence electrons. The number of carboxylic acids is 1. The van der Waals surface area contributed by atoms with E-state index >= 15 is 0 Å². The fourth-order valence-electron chi connectivity index (χ4n) is 12.4. The van der Waals surface area contributed by atoms with Crippen LogP contribution in [0.4, 0.5) is 0 Å². The van der Waals surface area contributed by atoms with E-state index in [-0.39, 0.29) is 34.8 Å². The molecule has 4 aliphatic carbocycles. The maximum atomic E-state index is 14.6. The summed E-state index contributed by atoms with van der Waals surface area (Å²) in [5, 5.41) is 53.0. The number of aliphatic hydroxyl groups is 4. The average Bonchev–Trinajstić information content (AvgIpc) is 3.86. The van der Waals surface area contributed by atoms with Crippen molar-refractivity contribution in [3.8, 4) is 0 Å². The number of carbonyl (C=O) groups excluding carboxylic acids is 1. The number of piperidine rings is 1. The van der Waals surface area contributed by atoms with E-state index in [0.29, 0.717) is 30.9 Å². The van der Waals surface area contributed by atoms with Crippen molar-refractivity contribution in [1.29, 1.82) is 0 Å². The molecule has 14 nitrogen and oxygen atoms in total. The Morgan fingerprint density at radius 2 is 1.85 bits per heavy atom. The number of fused-ring (bicyclic) bond motifs is 1. The predicted molar refractivity (Wildman–Crippen MR) is 189 cm³/mol. The molecule has 4 fully saturated rings. The first-order chi connectivity index (χ1) is 25.8. The molecule has 0 aromatic carbocycles. The normalized spacial score (nSPS) is 45.8. The van der Waals surface area contributed by atoms with Gasteiger partial charge in [-0.05, 0) is 69.4 Å². The van der Waals surface area contributed by atoms with Crippen LogP contribution in [0.3, 0.4) is 0 Å². The summed E-state index contributed by atoms with van der Waals surface area (Å²) in [4.78, 5) is 28.9. The molecular weight excluding hydrogens is 702 g/mol. The lowest BCUT2D eigenvalue weighted by Gasteiger charge is -2.62. The van der Waals surface area contributed by atoms with E-state index in [1.165, 1.54) is 11.1 Å². The van der Waals surface area contributed by atoms with E-state index in [1.54, 1.807) is 13.2 Å². The number of aliphatic hydroxyl groups excluding tert-OH is 4. The van der Waals surface area contributed by atoms with Crippen LogP contribution in [0.1, 0.15) is 65.2 Å². The minimum atomic E-state index is -1.67. The number of hydrogen-bond acceptors (Lipinski definition) is 13. The molecule has 8 aliphatic rings. The van der Waals surface area contributed by atoms with Crippen LogP contribution in [-0.2, 0) is 38.0 Å². The molecular formula is C40H57NO13. The van der Waals surface area contributed by atoms with Crippen molar-refractivity contribution in [2.45, 2.75) is 108 Å². The molecule has 4 aliphatic heterocycles. The van der Waals surface area contributed by atoms with Crippen molar-refractivity contribution in [2.24, 2.45) is 46.3 Å². The third-order valence-corrected chi connectivity index (χ3v) is 15.0. The Kier molecular flexibility index (Phi) is 10.1. The van der Waals surface area contributed by atoms with Crippen LogP contribution in [0.5, 0.6) is 0 Å². The second-order valence-corrected chi connectivity index (χ2v) is 17.5. The van der Waals surface area contributed by atoms with Gasteiger partial charge in [-0.1, -0.05) is 31.1 Å². The van der Waals surface area contributed by atoms with E-state index in [2.05, 4.69) is 25.8 Å². The Morgan fingerprint density at radius 3 is 2.52 bits per heavy atom. The summed E-state index contributed by atoms with van der Waals surface area (Å²) in [7, 11) is 3.90. The Bertz CT molecular complexity index is 1580. The molecule has 2 bridgehead atoms. The summed E-state index contributed by atoms with van der Waals surface area (Å²) in [6, 6.07) is 0. The number of carbonyl (C=O) groups is 2. The van der Waals surface area contributed by atoms with Crippen molar-refractivity contribution in [3.63, 3.8) is 0 Å². The van der Waals surface area contributed by atoms with Crippen molar-refractivity contribution >= 4 is 11.9 Å². The SMILES string of the molecule is COC1(C(C)C)CCC2(CO1)C1CCC3=C4C(CC3)C(C(=O)OC3C(O)C(CO)OC(OC5OC=C(C(=O)O)C6CC=C(CO)C56)C3O)CC42CN(C)C1. The molecule has 3 saturated heterocycles. The fraction of sp³-hybridized carbons (Fsp3) is 0.800. The highest BCUT2D eigenvalue weighted by Crippen LogP contribution is 2.72. The van der Waals surface area contributed by atoms with E-state index in [9.17, 15) is 35.1 Å². The van der Waals surface area contributed by atoms with E-state index in [0.717, 1.165) is 57.9 Å². The monoisotopic (exact) mass is 759 g/mol. The highest BCUT2D eigenvalue weighted by Gasteiger charge is 2.70. The highest BCUT2D eigenvalue weighted by molar-refractivity contribution is 5.87. The number of aliphatic carboxylic acids is 1. The Labute approximate surface area is 316 Å². The minimum absolute atomic E-state index is 0.0301. The van der Waals surface area contributed by atoms with Crippen molar-refractivity contribution in [2.75, 3.05) is 47.1 Å². The number of allylic oxidation sites excluding steroid dienone is 2. The zero-order chi connectivity index (χ0) is 38.3. The van der Waals surface area contributed by atoms with Crippen molar-refractivity contribution in [1.82, 2.24) is 4.90 Å². The molecule has 14 heteroatoms. The fourth-order valence-corrected chi connectivity index (χ4v) is 12.4. The van der Waals surface area contributed by atoms with Gasteiger partial charge in [0.15, 0.2) is 18.2 Å². The van der Waals surface area contributed by atoms with Gasteiger partial charge >= 0.3 is 11.9 Å². The number of methoxy groups -OCH3 is 1. The molecule has 0 amide bonds. The van der Waals surface area contributed by atoms with Gasteiger partial charge < -0.3 is 58.9 Å². The average molecular weight is 760 g/mol. The number of carboxylic acid groups (broad SMARTS) is 1. The summed E-state index contributed by atoms with van der Waals surface area (Å²) in [6.07, 6.45) is 0.681. The van der Waals surface area contributed by atoms with Crippen LogP contribution in [0.25, 0.3) is 0 Å². The van der Waals surface area contributed by atoms with Crippen LogP contribution in [0.2, 0.25) is 0 Å². The molecule has 0 aromatic rings. The van der Waals surface area contributed by atoms with E-state index in [1.807, 2.05) is 0 Å². The molecule has 2 spiro atoms. The first kappa shape index (κ1) is 38.5. The standard InChI is InChI=1S/C40H57NO13/c1-20(2)40(49-4)12-11-38(19-51-40)23-8-5-21-6-10-25-26(13-39(38,30(21)25)18-41(3)14-23)35(48)53-33-31(44)28(16-43)52-37(32(33)45)54-36-29-22(15-42)7-9-24(29)27(17-50-36)34(46)47/h7,17,20,23-26,28-29,31-33,36-37,42-45H,5-6,8-16,18-19H2,1-4H3,(H,46,47). The van der Waals surface area contributed by atoms with Crippen molar-refractivity contribution in [3.05, 3.63) is 34.6 Å². The largest absolute Gasteiger partial charge is 0.478 e. The number of esters is 1. The van der Waals surface area contributed by atoms with Gasteiger partial charge in [0.2, 0.25) is 6.29 Å². The van der Waals surface area contributed by atoms with Gasteiger partial charge in [-0.15, -0.1) is 0 Å². The third-order valence-electron chi connectivity index (χ3n) is 15.0. The molecule has 0 aromatic heterocycles. The number of rotatable bonds is 9. The van der Waals surface area contributed by atoms with E-state index < -0.39 is 79.1 Å². The van der Waals surface area contributed by atoms with Gasteiger partial charge in [0.05, 0.1) is 43.5 Å². The van der Waals surface area contributed by atoms with Gasteiger partial charge in [0, 0.05) is 49.3 Å². The van der Waals surface area contributed by atoms with Crippen LogP contribution in [0, 0.1) is 46.3 Å². The Hall–Kier alpha value is -2.40. The predicted octanol–water partition coefficient (Wildman–Crippen LogP) is 2.10.